The van der Waals surface area contributed by atoms with Gasteiger partial charge in [-0.1, -0.05) is 22.9 Å². The minimum Gasteiger partial charge on any atom is -0.376 e. The molecule has 1 fully saturated rings. The van der Waals surface area contributed by atoms with Crippen LogP contribution in [0.1, 0.15) is 12.8 Å². The predicted molar refractivity (Wildman–Crippen MR) is 82.6 cm³/mol. The third kappa shape index (κ3) is 2.54. The molecule has 21 heavy (non-hydrogen) atoms. The summed E-state index contributed by atoms with van der Waals surface area (Å²) >= 11 is 7.73. The number of hydrogen-bond acceptors (Lipinski definition) is 5. The van der Waals surface area contributed by atoms with Crippen LogP contribution in [-0.2, 0) is 11.3 Å². The third-order valence-corrected chi connectivity index (χ3v) is 5.09. The van der Waals surface area contributed by atoms with Crippen LogP contribution >= 0.6 is 22.9 Å². The Morgan fingerprint density at radius 1 is 1.43 bits per heavy atom. The van der Waals surface area contributed by atoms with Gasteiger partial charge in [-0.25, -0.2) is 9.67 Å². The van der Waals surface area contributed by atoms with E-state index in [0.29, 0.717) is 0 Å². The summed E-state index contributed by atoms with van der Waals surface area (Å²) in [6.07, 6.45) is 4.39. The lowest BCUT2D eigenvalue weighted by atomic mass is 10.2. The van der Waals surface area contributed by atoms with E-state index in [1.54, 1.807) is 11.3 Å². The van der Waals surface area contributed by atoms with Crippen LogP contribution in [0.3, 0.4) is 0 Å². The summed E-state index contributed by atoms with van der Waals surface area (Å²) in [7, 11) is 0. The number of halogens is 1. The molecule has 0 radical (unpaired) electrons. The molecular formula is C14H13ClN4OS. The molecular weight excluding hydrogens is 308 g/mol. The van der Waals surface area contributed by atoms with Gasteiger partial charge in [0.2, 0.25) is 0 Å². The molecule has 5 nitrogen and oxygen atoms in total. The van der Waals surface area contributed by atoms with Gasteiger partial charge in [0, 0.05) is 6.61 Å². The molecule has 1 aliphatic heterocycles. The highest BCUT2D eigenvalue weighted by atomic mass is 35.5. The maximum atomic E-state index is 6.19. The van der Waals surface area contributed by atoms with E-state index < -0.39 is 0 Å². The molecule has 1 aliphatic rings. The van der Waals surface area contributed by atoms with E-state index in [-0.39, 0.29) is 6.10 Å². The van der Waals surface area contributed by atoms with Crippen LogP contribution < -0.4 is 0 Å². The molecule has 3 heterocycles. The Morgan fingerprint density at radius 2 is 2.38 bits per heavy atom. The average molecular weight is 321 g/mol. The minimum atomic E-state index is 0.254. The molecule has 108 valence electrons. The molecule has 2 aromatic heterocycles. The smallest absolute Gasteiger partial charge is 0.146 e. The number of rotatable bonds is 3. The first-order valence-corrected chi connectivity index (χ1v) is 8.06. The van der Waals surface area contributed by atoms with Crippen molar-refractivity contribution in [3.63, 3.8) is 0 Å². The van der Waals surface area contributed by atoms with Gasteiger partial charge in [-0.3, -0.25) is 0 Å². The molecule has 3 aromatic rings. The topological polar surface area (TPSA) is 52.8 Å². The number of nitrogens with zero attached hydrogens (tertiary/aromatic N) is 4. The Balaban J connectivity index is 1.62. The van der Waals surface area contributed by atoms with Crippen LogP contribution in [0.2, 0.25) is 5.02 Å². The van der Waals surface area contributed by atoms with Gasteiger partial charge in [-0.2, -0.15) is 0 Å². The maximum absolute atomic E-state index is 6.19. The van der Waals surface area contributed by atoms with E-state index in [4.69, 9.17) is 16.3 Å². The van der Waals surface area contributed by atoms with Crippen molar-refractivity contribution >= 4 is 33.2 Å². The lowest BCUT2D eigenvalue weighted by Crippen LogP contribution is -2.15. The summed E-state index contributed by atoms with van der Waals surface area (Å²) in [6, 6.07) is 5.74. The molecule has 1 unspecified atom stereocenters. The quantitative estimate of drug-likeness (QED) is 0.742. The second-order valence-electron chi connectivity index (χ2n) is 5.07. The SMILES string of the molecule is Clc1cccc2nc(-c3cn(CC4CCCO4)nn3)sc12. The van der Waals surface area contributed by atoms with E-state index in [1.165, 1.54) is 0 Å². The van der Waals surface area contributed by atoms with Crippen LogP contribution in [0.25, 0.3) is 20.9 Å². The highest BCUT2D eigenvalue weighted by Gasteiger charge is 2.18. The van der Waals surface area contributed by atoms with Gasteiger partial charge >= 0.3 is 0 Å². The van der Waals surface area contributed by atoms with Crippen molar-refractivity contribution < 1.29 is 4.74 Å². The van der Waals surface area contributed by atoms with Gasteiger partial charge in [0.1, 0.15) is 10.7 Å². The van der Waals surface area contributed by atoms with Crippen molar-refractivity contribution in [3.05, 3.63) is 29.4 Å². The van der Waals surface area contributed by atoms with Crippen molar-refractivity contribution in [1.82, 2.24) is 20.0 Å². The maximum Gasteiger partial charge on any atom is 0.146 e. The van der Waals surface area contributed by atoms with E-state index in [2.05, 4.69) is 15.3 Å². The third-order valence-electron chi connectivity index (χ3n) is 3.54. The Bertz CT molecular complexity index is 778. The normalized spacial score (nSPS) is 18.6. The summed E-state index contributed by atoms with van der Waals surface area (Å²) in [5.41, 5.74) is 1.68. The van der Waals surface area contributed by atoms with Crippen LogP contribution in [-0.4, -0.2) is 32.7 Å². The monoisotopic (exact) mass is 320 g/mol. The molecule has 0 N–H and O–H groups in total. The molecule has 0 saturated carbocycles. The highest BCUT2D eigenvalue weighted by molar-refractivity contribution is 7.22. The second kappa shape index (κ2) is 5.36. The summed E-state index contributed by atoms with van der Waals surface area (Å²) in [6.45, 7) is 1.60. The van der Waals surface area contributed by atoms with Crippen molar-refractivity contribution in [1.29, 1.82) is 0 Å². The number of hydrogen-bond donors (Lipinski definition) is 0. The molecule has 1 aromatic carbocycles. The van der Waals surface area contributed by atoms with Crippen molar-refractivity contribution in [3.8, 4) is 10.7 Å². The van der Waals surface area contributed by atoms with E-state index in [9.17, 15) is 0 Å². The minimum absolute atomic E-state index is 0.254. The zero-order valence-corrected chi connectivity index (χ0v) is 12.8. The van der Waals surface area contributed by atoms with Gasteiger partial charge < -0.3 is 4.74 Å². The van der Waals surface area contributed by atoms with Crippen LogP contribution in [0.15, 0.2) is 24.4 Å². The molecule has 0 spiro atoms. The number of ether oxygens (including phenoxy) is 1. The van der Waals surface area contributed by atoms with Crippen LogP contribution in [0, 0.1) is 0 Å². The summed E-state index contributed by atoms with van der Waals surface area (Å²) in [4.78, 5) is 4.58. The molecule has 4 rings (SSSR count). The number of thiazole rings is 1. The lowest BCUT2D eigenvalue weighted by molar-refractivity contribution is 0.0935. The standard InChI is InChI=1S/C14H13ClN4OS/c15-10-4-1-5-11-13(10)21-14(16-11)12-8-19(18-17-12)7-9-3-2-6-20-9/h1,4-5,8-9H,2-3,6-7H2. The number of aromatic nitrogens is 4. The van der Waals surface area contributed by atoms with Crippen molar-refractivity contribution in [2.45, 2.75) is 25.5 Å². The van der Waals surface area contributed by atoms with Crippen LogP contribution in [0.4, 0.5) is 0 Å². The fraction of sp³-hybridized carbons (Fsp3) is 0.357. The highest BCUT2D eigenvalue weighted by Crippen LogP contribution is 2.33. The fourth-order valence-electron chi connectivity index (χ4n) is 2.51. The Labute approximate surface area is 130 Å². The fourth-order valence-corrected chi connectivity index (χ4v) is 3.71. The summed E-state index contributed by atoms with van der Waals surface area (Å²) in [5.74, 6) is 0. The summed E-state index contributed by atoms with van der Waals surface area (Å²) in [5, 5.41) is 9.95. The van der Waals surface area contributed by atoms with E-state index in [0.717, 1.165) is 51.9 Å². The molecule has 0 aliphatic carbocycles. The first kappa shape index (κ1) is 13.2. The molecule has 1 saturated heterocycles. The van der Waals surface area contributed by atoms with Gasteiger partial charge in [-0.05, 0) is 25.0 Å². The van der Waals surface area contributed by atoms with E-state index in [1.807, 2.05) is 29.1 Å². The average Bonchev–Trinajstić information content (AvgIpc) is 3.18. The molecule has 1 atom stereocenters. The lowest BCUT2D eigenvalue weighted by Gasteiger charge is -2.07. The van der Waals surface area contributed by atoms with Crippen LogP contribution in [0.5, 0.6) is 0 Å². The second-order valence-corrected chi connectivity index (χ2v) is 6.47. The Hall–Kier alpha value is -1.50. The summed E-state index contributed by atoms with van der Waals surface area (Å²) < 4.78 is 8.44. The van der Waals surface area contributed by atoms with Gasteiger partial charge in [0.05, 0.1) is 34.1 Å². The zero-order valence-electron chi connectivity index (χ0n) is 11.2. The van der Waals surface area contributed by atoms with Gasteiger partial charge in [0.15, 0.2) is 0 Å². The van der Waals surface area contributed by atoms with Crippen molar-refractivity contribution in [2.75, 3.05) is 6.61 Å². The first-order chi connectivity index (χ1) is 10.3. The van der Waals surface area contributed by atoms with Gasteiger partial charge in [0.25, 0.3) is 0 Å². The molecule has 0 amide bonds. The Morgan fingerprint density at radius 3 is 3.19 bits per heavy atom. The first-order valence-electron chi connectivity index (χ1n) is 6.87. The number of fused-ring (bicyclic) bond motifs is 1. The van der Waals surface area contributed by atoms with Gasteiger partial charge in [-0.15, -0.1) is 16.4 Å². The van der Waals surface area contributed by atoms with Crippen molar-refractivity contribution in [2.24, 2.45) is 0 Å². The largest absolute Gasteiger partial charge is 0.376 e. The zero-order chi connectivity index (χ0) is 14.2. The predicted octanol–water partition coefficient (Wildman–Crippen LogP) is 3.39. The number of benzene rings is 1. The van der Waals surface area contributed by atoms with E-state index >= 15 is 0 Å². The molecule has 0 bridgehead atoms. The molecule has 7 heteroatoms. The Kier molecular flexibility index (Phi) is 3.37.